The van der Waals surface area contributed by atoms with E-state index in [4.69, 9.17) is 21.1 Å². The Kier molecular flexibility index (Phi) is 6.26. The van der Waals surface area contributed by atoms with E-state index in [2.05, 4.69) is 0 Å². The lowest BCUT2D eigenvalue weighted by Crippen LogP contribution is -2.23. The standard InChI is InChI=1S/C20H17ClFNO5/c21-16-10-14(22)5-8-18(16)27-12-20(26)28-11-17(24)13-3-6-15(7-4-13)23-9-1-2-19(23)25/h3-8,10H,1-2,9,11-12H2. The van der Waals surface area contributed by atoms with Crippen molar-refractivity contribution in [2.75, 3.05) is 24.7 Å². The predicted octanol–water partition coefficient (Wildman–Crippen LogP) is 3.41. The monoisotopic (exact) mass is 405 g/mol. The zero-order valence-corrected chi connectivity index (χ0v) is 15.6. The van der Waals surface area contributed by atoms with Gasteiger partial charge in [-0.05, 0) is 48.9 Å². The Morgan fingerprint density at radius 1 is 1.11 bits per heavy atom. The topological polar surface area (TPSA) is 72.9 Å². The van der Waals surface area contributed by atoms with Crippen molar-refractivity contribution in [3.63, 3.8) is 0 Å². The number of ketones is 1. The summed E-state index contributed by atoms with van der Waals surface area (Å²) in [4.78, 5) is 37.3. The van der Waals surface area contributed by atoms with E-state index < -0.39 is 25.0 Å². The number of Topliss-reactive ketones (excluding diaryl/α,β-unsaturated/α-hetero) is 1. The molecule has 0 bridgehead atoms. The normalized spacial score (nSPS) is 13.5. The molecule has 3 rings (SSSR count). The molecule has 0 N–H and O–H groups in total. The number of amides is 1. The van der Waals surface area contributed by atoms with Crippen LogP contribution in [0.5, 0.6) is 5.75 Å². The molecule has 0 radical (unpaired) electrons. The third-order valence-electron chi connectivity index (χ3n) is 4.18. The maximum absolute atomic E-state index is 13.0. The van der Waals surface area contributed by atoms with Crippen molar-refractivity contribution in [1.82, 2.24) is 0 Å². The summed E-state index contributed by atoms with van der Waals surface area (Å²) in [6, 6.07) is 10.1. The average molecular weight is 406 g/mol. The van der Waals surface area contributed by atoms with Crippen LogP contribution in [0.15, 0.2) is 42.5 Å². The van der Waals surface area contributed by atoms with Crippen molar-refractivity contribution >= 4 is 34.9 Å². The number of hydrogen-bond acceptors (Lipinski definition) is 5. The van der Waals surface area contributed by atoms with E-state index in [9.17, 15) is 18.8 Å². The molecule has 2 aromatic carbocycles. The number of carbonyl (C=O) groups is 3. The Morgan fingerprint density at radius 3 is 2.50 bits per heavy atom. The first kappa shape index (κ1) is 19.8. The molecule has 0 saturated carbocycles. The molecule has 1 amide bonds. The quantitative estimate of drug-likeness (QED) is 0.521. The first-order valence-electron chi connectivity index (χ1n) is 8.61. The van der Waals surface area contributed by atoms with Crippen LogP contribution < -0.4 is 9.64 Å². The van der Waals surface area contributed by atoms with Gasteiger partial charge < -0.3 is 14.4 Å². The first-order chi connectivity index (χ1) is 13.4. The Hall–Kier alpha value is -2.93. The minimum absolute atomic E-state index is 0.0282. The van der Waals surface area contributed by atoms with Crippen molar-refractivity contribution < 1.29 is 28.2 Å². The van der Waals surface area contributed by atoms with Crippen LogP contribution >= 0.6 is 11.6 Å². The van der Waals surface area contributed by atoms with Gasteiger partial charge in [0.2, 0.25) is 5.91 Å². The van der Waals surface area contributed by atoms with Crippen LogP contribution in [0.3, 0.4) is 0 Å². The molecular formula is C20H17ClFNO5. The van der Waals surface area contributed by atoms with Crippen LogP contribution in [-0.4, -0.2) is 37.4 Å². The molecule has 0 aromatic heterocycles. The van der Waals surface area contributed by atoms with Crippen molar-refractivity contribution in [1.29, 1.82) is 0 Å². The molecular weight excluding hydrogens is 389 g/mol. The Balaban J connectivity index is 1.48. The average Bonchev–Trinajstić information content (AvgIpc) is 3.11. The second kappa shape index (κ2) is 8.84. The third kappa shape index (κ3) is 4.86. The van der Waals surface area contributed by atoms with E-state index in [1.807, 2.05) is 0 Å². The number of hydrogen-bond donors (Lipinski definition) is 0. The van der Waals surface area contributed by atoms with E-state index in [-0.39, 0.29) is 22.5 Å². The van der Waals surface area contributed by atoms with Crippen LogP contribution in [0, 0.1) is 5.82 Å². The minimum atomic E-state index is -0.756. The van der Waals surface area contributed by atoms with Crippen LogP contribution in [0.2, 0.25) is 5.02 Å². The van der Waals surface area contributed by atoms with Crippen molar-refractivity contribution in [3.05, 3.63) is 58.9 Å². The van der Waals surface area contributed by atoms with E-state index in [1.54, 1.807) is 29.2 Å². The number of ether oxygens (including phenoxy) is 2. The molecule has 6 nitrogen and oxygen atoms in total. The zero-order chi connectivity index (χ0) is 20.1. The van der Waals surface area contributed by atoms with Gasteiger partial charge in [-0.2, -0.15) is 0 Å². The molecule has 8 heteroatoms. The summed E-state index contributed by atoms with van der Waals surface area (Å²) in [5, 5.41) is 0.0282. The van der Waals surface area contributed by atoms with Crippen LogP contribution in [0.1, 0.15) is 23.2 Å². The van der Waals surface area contributed by atoms with E-state index in [0.29, 0.717) is 18.5 Å². The predicted molar refractivity (Wildman–Crippen MR) is 100 cm³/mol. The lowest BCUT2D eigenvalue weighted by atomic mass is 10.1. The highest BCUT2D eigenvalue weighted by Crippen LogP contribution is 2.25. The van der Waals surface area contributed by atoms with Gasteiger partial charge >= 0.3 is 5.97 Å². The largest absolute Gasteiger partial charge is 0.480 e. The highest BCUT2D eigenvalue weighted by Gasteiger charge is 2.21. The number of esters is 1. The van der Waals surface area contributed by atoms with Gasteiger partial charge in [-0.15, -0.1) is 0 Å². The SMILES string of the molecule is O=C(COc1ccc(F)cc1Cl)OCC(=O)c1ccc(N2CCCC2=O)cc1. The molecule has 0 spiro atoms. The fourth-order valence-electron chi connectivity index (χ4n) is 2.75. The molecule has 1 heterocycles. The van der Waals surface area contributed by atoms with Gasteiger partial charge in [0.25, 0.3) is 0 Å². The number of nitrogens with zero attached hydrogens (tertiary/aromatic N) is 1. The molecule has 1 fully saturated rings. The molecule has 1 aliphatic rings. The maximum Gasteiger partial charge on any atom is 0.344 e. The third-order valence-corrected chi connectivity index (χ3v) is 4.47. The van der Waals surface area contributed by atoms with Gasteiger partial charge in [0.05, 0.1) is 5.02 Å². The fourth-order valence-corrected chi connectivity index (χ4v) is 2.97. The molecule has 0 unspecified atom stereocenters. The Morgan fingerprint density at radius 2 is 1.86 bits per heavy atom. The molecule has 0 atom stereocenters. The molecule has 1 saturated heterocycles. The summed E-state index contributed by atoms with van der Waals surface area (Å²) in [6.07, 6.45) is 1.35. The number of benzene rings is 2. The van der Waals surface area contributed by atoms with E-state index >= 15 is 0 Å². The molecule has 1 aliphatic heterocycles. The van der Waals surface area contributed by atoms with Crippen LogP contribution in [-0.2, 0) is 14.3 Å². The lowest BCUT2D eigenvalue weighted by molar-refractivity contribution is -0.144. The van der Waals surface area contributed by atoms with E-state index in [1.165, 1.54) is 6.07 Å². The smallest absolute Gasteiger partial charge is 0.344 e. The van der Waals surface area contributed by atoms with Crippen LogP contribution in [0.4, 0.5) is 10.1 Å². The summed E-state index contributed by atoms with van der Waals surface area (Å²) in [5.74, 6) is -1.46. The maximum atomic E-state index is 13.0. The molecule has 0 aliphatic carbocycles. The number of carbonyl (C=O) groups excluding carboxylic acids is 3. The van der Waals surface area contributed by atoms with Gasteiger partial charge in [0.1, 0.15) is 11.6 Å². The minimum Gasteiger partial charge on any atom is -0.480 e. The summed E-state index contributed by atoms with van der Waals surface area (Å²) in [5.41, 5.74) is 1.10. The molecule has 28 heavy (non-hydrogen) atoms. The molecule has 2 aromatic rings. The summed E-state index contributed by atoms with van der Waals surface area (Å²) >= 11 is 5.79. The summed E-state index contributed by atoms with van der Waals surface area (Å²) in [7, 11) is 0. The Labute approximate surface area is 165 Å². The van der Waals surface area contributed by atoms with Gasteiger partial charge in [-0.1, -0.05) is 11.6 Å². The zero-order valence-electron chi connectivity index (χ0n) is 14.8. The second-order valence-electron chi connectivity index (χ2n) is 6.14. The van der Waals surface area contributed by atoms with Gasteiger partial charge in [-0.25, -0.2) is 9.18 Å². The second-order valence-corrected chi connectivity index (χ2v) is 6.55. The number of halogens is 2. The van der Waals surface area contributed by atoms with Gasteiger partial charge in [0, 0.05) is 24.2 Å². The fraction of sp³-hybridized carbons (Fsp3) is 0.250. The van der Waals surface area contributed by atoms with Crippen molar-refractivity contribution in [2.24, 2.45) is 0 Å². The lowest BCUT2D eigenvalue weighted by Gasteiger charge is -2.15. The van der Waals surface area contributed by atoms with Crippen molar-refractivity contribution in [3.8, 4) is 5.75 Å². The first-order valence-corrected chi connectivity index (χ1v) is 8.99. The van der Waals surface area contributed by atoms with Gasteiger partial charge in [-0.3, -0.25) is 9.59 Å². The van der Waals surface area contributed by atoms with Crippen molar-refractivity contribution in [2.45, 2.75) is 12.8 Å². The molecule has 146 valence electrons. The summed E-state index contributed by atoms with van der Waals surface area (Å²) in [6.45, 7) is -0.238. The number of rotatable bonds is 7. The van der Waals surface area contributed by atoms with Crippen LogP contribution in [0.25, 0.3) is 0 Å². The summed E-state index contributed by atoms with van der Waals surface area (Å²) < 4.78 is 23.0. The Bertz CT molecular complexity index is 900. The highest BCUT2D eigenvalue weighted by atomic mass is 35.5. The highest BCUT2D eigenvalue weighted by molar-refractivity contribution is 6.32. The van der Waals surface area contributed by atoms with E-state index in [0.717, 1.165) is 24.2 Å². The van der Waals surface area contributed by atoms with Gasteiger partial charge in [0.15, 0.2) is 19.0 Å². The number of anilines is 1.